The molecule has 1 aliphatic rings. The van der Waals surface area contributed by atoms with Crippen molar-refractivity contribution in [1.82, 2.24) is 0 Å². The molecule has 0 radical (unpaired) electrons. The second-order valence-corrected chi connectivity index (χ2v) is 3.82. The van der Waals surface area contributed by atoms with Gasteiger partial charge in [-0.2, -0.15) is 0 Å². The molecule has 2 heteroatoms. The van der Waals surface area contributed by atoms with Crippen LogP contribution in [0, 0.1) is 6.92 Å². The smallest absolute Gasteiger partial charge is 0.248 e. The predicted octanol–water partition coefficient (Wildman–Crippen LogP) is 2.44. The van der Waals surface area contributed by atoms with E-state index in [0.29, 0.717) is 0 Å². The van der Waals surface area contributed by atoms with Gasteiger partial charge in [0.25, 0.3) is 0 Å². The summed E-state index contributed by atoms with van der Waals surface area (Å²) in [5.41, 5.74) is 4.47. The fraction of sp³-hybridized carbons (Fsp3) is 0.250. The first-order chi connectivity index (χ1) is 6.65. The van der Waals surface area contributed by atoms with Gasteiger partial charge < -0.3 is 5.32 Å². The molecular weight excluding hydrogens is 174 g/mol. The Labute approximate surface area is 83.6 Å². The lowest BCUT2D eigenvalue weighted by molar-refractivity contribution is -0.111. The molecule has 0 bridgehead atoms. The third kappa shape index (κ3) is 1.69. The van der Waals surface area contributed by atoms with Crippen molar-refractivity contribution in [2.45, 2.75) is 20.3 Å². The fourth-order valence-corrected chi connectivity index (χ4v) is 1.73. The van der Waals surface area contributed by atoms with Crippen molar-refractivity contribution in [3.8, 4) is 0 Å². The highest BCUT2D eigenvalue weighted by Gasteiger charge is 2.10. The molecule has 1 aromatic rings. The zero-order valence-electron chi connectivity index (χ0n) is 8.42. The van der Waals surface area contributed by atoms with Crippen LogP contribution in [-0.2, 0) is 11.2 Å². The number of aryl methyl sites for hydroxylation is 1. The largest absolute Gasteiger partial charge is 0.322 e. The van der Waals surface area contributed by atoms with Gasteiger partial charge in [-0.1, -0.05) is 23.3 Å². The van der Waals surface area contributed by atoms with E-state index in [0.717, 1.165) is 17.7 Å². The predicted molar refractivity (Wildman–Crippen MR) is 57.3 cm³/mol. The van der Waals surface area contributed by atoms with Crippen LogP contribution in [0.1, 0.15) is 18.1 Å². The number of carbonyl (C=O) groups excluding carboxylic acids is 1. The SMILES string of the molecule is CC1=CC(=O)Nc2ccc(C)cc2C1. The van der Waals surface area contributed by atoms with E-state index in [2.05, 4.69) is 18.3 Å². The van der Waals surface area contributed by atoms with Crippen LogP contribution in [0.3, 0.4) is 0 Å². The Morgan fingerprint density at radius 2 is 2.07 bits per heavy atom. The van der Waals surface area contributed by atoms with Gasteiger partial charge in [-0.3, -0.25) is 4.79 Å². The number of hydrogen-bond donors (Lipinski definition) is 1. The lowest BCUT2D eigenvalue weighted by Crippen LogP contribution is -2.07. The first-order valence-electron chi connectivity index (χ1n) is 4.73. The van der Waals surface area contributed by atoms with Crippen molar-refractivity contribution < 1.29 is 4.79 Å². The Kier molecular flexibility index (Phi) is 2.12. The Hall–Kier alpha value is -1.57. The Morgan fingerprint density at radius 1 is 1.29 bits per heavy atom. The van der Waals surface area contributed by atoms with Crippen molar-refractivity contribution in [1.29, 1.82) is 0 Å². The first-order valence-corrected chi connectivity index (χ1v) is 4.73. The molecule has 0 fully saturated rings. The monoisotopic (exact) mass is 187 g/mol. The highest BCUT2D eigenvalue weighted by Crippen LogP contribution is 2.23. The summed E-state index contributed by atoms with van der Waals surface area (Å²) < 4.78 is 0. The van der Waals surface area contributed by atoms with Crippen molar-refractivity contribution in [2.75, 3.05) is 5.32 Å². The fourth-order valence-electron chi connectivity index (χ4n) is 1.73. The van der Waals surface area contributed by atoms with Crippen LogP contribution in [0.4, 0.5) is 5.69 Å². The van der Waals surface area contributed by atoms with Crippen LogP contribution in [0.2, 0.25) is 0 Å². The van der Waals surface area contributed by atoms with Crippen molar-refractivity contribution in [2.24, 2.45) is 0 Å². The molecule has 1 N–H and O–H groups in total. The van der Waals surface area contributed by atoms with E-state index in [9.17, 15) is 4.79 Å². The van der Waals surface area contributed by atoms with E-state index >= 15 is 0 Å². The molecule has 1 heterocycles. The molecule has 0 saturated carbocycles. The molecule has 2 nitrogen and oxygen atoms in total. The minimum Gasteiger partial charge on any atom is -0.322 e. The molecule has 72 valence electrons. The average Bonchev–Trinajstić information content (AvgIpc) is 2.21. The molecule has 0 atom stereocenters. The first kappa shape index (κ1) is 9.00. The number of hydrogen-bond acceptors (Lipinski definition) is 1. The number of anilines is 1. The summed E-state index contributed by atoms with van der Waals surface area (Å²) in [6, 6.07) is 6.10. The minimum absolute atomic E-state index is 0.0231. The number of allylic oxidation sites excluding steroid dienone is 1. The summed E-state index contributed by atoms with van der Waals surface area (Å²) in [6.07, 6.45) is 2.52. The lowest BCUT2D eigenvalue weighted by Gasteiger charge is -2.07. The summed E-state index contributed by atoms with van der Waals surface area (Å²) in [5, 5.41) is 2.86. The zero-order valence-corrected chi connectivity index (χ0v) is 8.42. The second kappa shape index (κ2) is 3.29. The summed E-state index contributed by atoms with van der Waals surface area (Å²) in [6.45, 7) is 4.04. The zero-order chi connectivity index (χ0) is 10.1. The molecule has 0 aromatic heterocycles. The molecule has 1 aromatic carbocycles. The van der Waals surface area contributed by atoms with Gasteiger partial charge in [-0.25, -0.2) is 0 Å². The van der Waals surface area contributed by atoms with Gasteiger partial charge in [0.2, 0.25) is 5.91 Å². The molecule has 0 spiro atoms. The Bertz CT molecular complexity index is 418. The van der Waals surface area contributed by atoms with Crippen LogP contribution < -0.4 is 5.32 Å². The average molecular weight is 187 g/mol. The van der Waals surface area contributed by atoms with Crippen molar-refractivity contribution in [3.05, 3.63) is 41.0 Å². The van der Waals surface area contributed by atoms with Crippen molar-refractivity contribution >= 4 is 11.6 Å². The van der Waals surface area contributed by atoms with Crippen LogP contribution in [0.25, 0.3) is 0 Å². The van der Waals surface area contributed by atoms with Gasteiger partial charge in [-0.15, -0.1) is 0 Å². The van der Waals surface area contributed by atoms with E-state index in [1.165, 1.54) is 11.1 Å². The van der Waals surface area contributed by atoms with Gasteiger partial charge in [0, 0.05) is 11.8 Å². The quantitative estimate of drug-likeness (QED) is 0.664. The number of benzene rings is 1. The van der Waals surface area contributed by atoms with E-state index < -0.39 is 0 Å². The van der Waals surface area contributed by atoms with E-state index in [1.54, 1.807) is 6.08 Å². The topological polar surface area (TPSA) is 29.1 Å². The third-order valence-electron chi connectivity index (χ3n) is 2.37. The van der Waals surface area contributed by atoms with Gasteiger partial charge in [0.05, 0.1) is 0 Å². The Balaban J connectivity index is 2.48. The third-order valence-corrected chi connectivity index (χ3v) is 2.37. The highest BCUT2D eigenvalue weighted by atomic mass is 16.1. The standard InChI is InChI=1S/C12H13NO/c1-8-3-4-11-10(5-8)6-9(2)7-12(14)13-11/h3-5,7H,6H2,1-2H3,(H,13,14). The van der Waals surface area contributed by atoms with Gasteiger partial charge >= 0.3 is 0 Å². The molecule has 0 saturated heterocycles. The maximum Gasteiger partial charge on any atom is 0.248 e. The van der Waals surface area contributed by atoms with E-state index in [1.807, 2.05) is 19.1 Å². The molecular formula is C12H13NO. The Morgan fingerprint density at radius 3 is 2.86 bits per heavy atom. The summed E-state index contributed by atoms with van der Waals surface area (Å²) in [5.74, 6) is -0.0231. The number of nitrogens with one attached hydrogen (secondary N) is 1. The van der Waals surface area contributed by atoms with Gasteiger partial charge in [0.15, 0.2) is 0 Å². The maximum absolute atomic E-state index is 11.4. The summed E-state index contributed by atoms with van der Waals surface area (Å²) in [7, 11) is 0. The lowest BCUT2D eigenvalue weighted by atomic mass is 10.0. The van der Waals surface area contributed by atoms with Gasteiger partial charge in [0.1, 0.15) is 0 Å². The molecule has 1 aliphatic heterocycles. The number of carbonyl (C=O) groups is 1. The summed E-state index contributed by atoms with van der Waals surface area (Å²) in [4.78, 5) is 11.4. The molecule has 14 heavy (non-hydrogen) atoms. The van der Waals surface area contributed by atoms with Crippen LogP contribution >= 0.6 is 0 Å². The van der Waals surface area contributed by atoms with Crippen molar-refractivity contribution in [3.63, 3.8) is 0 Å². The molecule has 1 amide bonds. The van der Waals surface area contributed by atoms with E-state index in [4.69, 9.17) is 0 Å². The molecule has 2 rings (SSSR count). The second-order valence-electron chi connectivity index (χ2n) is 3.82. The normalized spacial score (nSPS) is 15.3. The number of amides is 1. The maximum atomic E-state index is 11.4. The number of rotatable bonds is 0. The van der Waals surface area contributed by atoms with Crippen LogP contribution in [0.15, 0.2) is 29.8 Å². The van der Waals surface area contributed by atoms with Crippen LogP contribution in [-0.4, -0.2) is 5.91 Å². The minimum atomic E-state index is -0.0231. The van der Waals surface area contributed by atoms with Gasteiger partial charge in [-0.05, 0) is 31.9 Å². The summed E-state index contributed by atoms with van der Waals surface area (Å²) >= 11 is 0. The van der Waals surface area contributed by atoms with Crippen LogP contribution in [0.5, 0.6) is 0 Å². The molecule has 0 unspecified atom stereocenters. The highest BCUT2D eigenvalue weighted by molar-refractivity contribution is 6.01. The number of fused-ring (bicyclic) bond motifs is 1. The van der Waals surface area contributed by atoms with E-state index in [-0.39, 0.29) is 5.91 Å². The molecule has 0 aliphatic carbocycles.